The van der Waals surface area contributed by atoms with E-state index in [0.717, 1.165) is 29.4 Å². The van der Waals surface area contributed by atoms with Gasteiger partial charge in [-0.15, -0.1) is 0 Å². The summed E-state index contributed by atoms with van der Waals surface area (Å²) in [5.41, 5.74) is 7.49. The normalized spacial score (nSPS) is 11.6. The lowest BCUT2D eigenvalue weighted by atomic mass is 10.1. The number of aliphatic hydroxyl groups is 1. The number of nitrogens with zero attached hydrogens (tertiary/aromatic N) is 3. The summed E-state index contributed by atoms with van der Waals surface area (Å²) in [6, 6.07) is 12.0. The minimum atomic E-state index is 0. The van der Waals surface area contributed by atoms with Crippen LogP contribution in [0.25, 0.3) is 10.9 Å². The van der Waals surface area contributed by atoms with Crippen LogP contribution in [0.15, 0.2) is 42.6 Å². The summed E-state index contributed by atoms with van der Waals surface area (Å²) >= 11 is 0. The highest BCUT2D eigenvalue weighted by atomic mass is 32.1. The van der Waals surface area contributed by atoms with Crippen LogP contribution in [0.2, 0.25) is 0 Å². The van der Waals surface area contributed by atoms with E-state index >= 15 is 0 Å². The molecule has 7 nitrogen and oxygen atoms in total. The first-order chi connectivity index (χ1) is 13.2. The van der Waals surface area contributed by atoms with Crippen LogP contribution in [-0.4, -0.2) is 32.7 Å². The van der Waals surface area contributed by atoms with Gasteiger partial charge in [0.1, 0.15) is 6.61 Å². The quantitative estimate of drug-likeness (QED) is 0.505. The second kappa shape index (κ2) is 10.7. The summed E-state index contributed by atoms with van der Waals surface area (Å²) in [4.78, 5) is 12.9. The molecular formula is C20H27N5O2S. The molecule has 1 atom stereocenters. The summed E-state index contributed by atoms with van der Waals surface area (Å²) < 4.78 is 5.92. The Morgan fingerprint density at radius 1 is 1.14 bits per heavy atom. The van der Waals surface area contributed by atoms with Crippen molar-refractivity contribution < 1.29 is 9.84 Å². The molecule has 28 heavy (non-hydrogen) atoms. The summed E-state index contributed by atoms with van der Waals surface area (Å²) in [6.07, 6.45) is 4.10. The number of pyridine rings is 1. The lowest BCUT2D eigenvalue weighted by Gasteiger charge is -2.19. The molecule has 0 aliphatic rings. The van der Waals surface area contributed by atoms with E-state index in [4.69, 9.17) is 10.5 Å². The molecule has 0 radical (unpaired) electrons. The fourth-order valence-corrected chi connectivity index (χ4v) is 2.92. The average molecular weight is 402 g/mol. The van der Waals surface area contributed by atoms with Gasteiger partial charge in [-0.2, -0.15) is 18.5 Å². The number of hydrogen-bond donors (Lipinski definition) is 3. The van der Waals surface area contributed by atoms with Crippen LogP contribution in [0.5, 0.6) is 5.75 Å². The van der Waals surface area contributed by atoms with Gasteiger partial charge in [0, 0.05) is 18.0 Å². The van der Waals surface area contributed by atoms with E-state index in [1.54, 1.807) is 6.20 Å². The van der Waals surface area contributed by atoms with Crippen molar-refractivity contribution >= 4 is 36.2 Å². The predicted molar refractivity (Wildman–Crippen MR) is 117 cm³/mol. The third kappa shape index (κ3) is 5.71. The lowest BCUT2D eigenvalue weighted by Crippen LogP contribution is -2.22. The zero-order chi connectivity index (χ0) is 19.1. The summed E-state index contributed by atoms with van der Waals surface area (Å²) in [5, 5.41) is 13.7. The van der Waals surface area contributed by atoms with Crippen LogP contribution in [0.1, 0.15) is 31.9 Å². The zero-order valence-corrected chi connectivity index (χ0v) is 16.9. The van der Waals surface area contributed by atoms with Crippen LogP contribution in [0.3, 0.4) is 0 Å². The molecule has 0 aliphatic heterocycles. The minimum Gasteiger partial charge on any atom is -0.482 e. The molecule has 150 valence electrons. The molecule has 0 bridgehead atoms. The molecule has 1 aromatic carbocycles. The number of aliphatic hydroxyl groups excluding tert-OH is 1. The fraction of sp³-hybridized carbons (Fsp3) is 0.350. The molecule has 0 unspecified atom stereocenters. The van der Waals surface area contributed by atoms with E-state index in [1.807, 2.05) is 36.4 Å². The van der Waals surface area contributed by atoms with Gasteiger partial charge in [-0.05, 0) is 25.0 Å². The molecule has 0 fully saturated rings. The standard InChI is InChI=1S/C20H25N5O2.H2S/c1-2-5-15(10-11-26)24-19-18(12-22-20(21)25-19)27-13-16-9-8-14-6-3-4-7-17(14)23-16;/h3-4,6-9,12,15,26H,2,5,10-11,13H2,1H3,(H3,21,22,24,25);1H2/t15-;/m0./s1. The number of rotatable bonds is 9. The van der Waals surface area contributed by atoms with Crippen LogP contribution in [0, 0.1) is 0 Å². The molecule has 2 heterocycles. The molecule has 0 aliphatic carbocycles. The van der Waals surface area contributed by atoms with E-state index in [2.05, 4.69) is 27.2 Å². The molecule has 0 spiro atoms. The van der Waals surface area contributed by atoms with Gasteiger partial charge < -0.3 is 20.9 Å². The number of nitrogens with one attached hydrogen (secondary N) is 1. The molecule has 0 saturated heterocycles. The number of benzene rings is 1. The largest absolute Gasteiger partial charge is 0.482 e. The molecule has 8 heteroatoms. The van der Waals surface area contributed by atoms with Crippen molar-refractivity contribution in [3.63, 3.8) is 0 Å². The van der Waals surface area contributed by atoms with E-state index in [9.17, 15) is 5.11 Å². The van der Waals surface area contributed by atoms with Crippen molar-refractivity contribution in [2.75, 3.05) is 17.7 Å². The van der Waals surface area contributed by atoms with Gasteiger partial charge in [-0.25, -0.2) is 9.97 Å². The SMILES string of the molecule is CCC[C@@H](CCO)Nc1nc(N)ncc1OCc1ccc2ccccc2n1.S. The molecule has 4 N–H and O–H groups in total. The number of nitrogens with two attached hydrogens (primary N) is 1. The molecular weight excluding hydrogens is 374 g/mol. The van der Waals surface area contributed by atoms with Crippen LogP contribution in [-0.2, 0) is 6.61 Å². The maximum atomic E-state index is 9.27. The highest BCUT2D eigenvalue weighted by Gasteiger charge is 2.14. The second-order valence-corrected chi connectivity index (χ2v) is 6.37. The summed E-state index contributed by atoms with van der Waals surface area (Å²) in [7, 11) is 0. The van der Waals surface area contributed by atoms with E-state index in [-0.39, 0.29) is 32.1 Å². The van der Waals surface area contributed by atoms with Crippen molar-refractivity contribution in [3.05, 3.63) is 48.3 Å². The average Bonchev–Trinajstić information content (AvgIpc) is 2.67. The first kappa shape index (κ1) is 21.7. The number of aromatic nitrogens is 3. The lowest BCUT2D eigenvalue weighted by molar-refractivity contribution is 0.275. The molecule has 0 saturated carbocycles. The van der Waals surface area contributed by atoms with Gasteiger partial charge in [0.05, 0.1) is 17.4 Å². The van der Waals surface area contributed by atoms with Gasteiger partial charge in [0.2, 0.25) is 5.95 Å². The van der Waals surface area contributed by atoms with Gasteiger partial charge in [-0.1, -0.05) is 37.6 Å². The number of fused-ring (bicyclic) bond motifs is 1. The summed E-state index contributed by atoms with van der Waals surface area (Å²) in [5.74, 6) is 1.22. The van der Waals surface area contributed by atoms with Crippen molar-refractivity contribution in [1.82, 2.24) is 15.0 Å². The second-order valence-electron chi connectivity index (χ2n) is 6.37. The zero-order valence-electron chi connectivity index (χ0n) is 15.9. The van der Waals surface area contributed by atoms with Crippen molar-refractivity contribution in [1.29, 1.82) is 0 Å². The van der Waals surface area contributed by atoms with Gasteiger partial charge >= 0.3 is 0 Å². The maximum absolute atomic E-state index is 9.27. The number of hydrogen-bond acceptors (Lipinski definition) is 7. The van der Waals surface area contributed by atoms with E-state index in [0.29, 0.717) is 24.6 Å². The molecule has 0 amide bonds. The Labute approximate surface area is 171 Å². The van der Waals surface area contributed by atoms with Crippen molar-refractivity contribution in [3.8, 4) is 5.75 Å². The Balaban J connectivity index is 0.00000280. The molecule has 3 aromatic rings. The predicted octanol–water partition coefficient (Wildman–Crippen LogP) is 3.26. The van der Waals surface area contributed by atoms with Gasteiger partial charge in [0.25, 0.3) is 0 Å². The number of nitrogen functional groups attached to an aromatic ring is 1. The van der Waals surface area contributed by atoms with Crippen molar-refractivity contribution in [2.45, 2.75) is 38.8 Å². The Morgan fingerprint density at radius 2 is 1.96 bits per heavy atom. The van der Waals surface area contributed by atoms with Crippen molar-refractivity contribution in [2.24, 2.45) is 0 Å². The third-order valence-corrected chi connectivity index (χ3v) is 4.26. The number of anilines is 2. The highest BCUT2D eigenvalue weighted by molar-refractivity contribution is 7.59. The van der Waals surface area contributed by atoms with Crippen LogP contribution < -0.4 is 15.8 Å². The summed E-state index contributed by atoms with van der Waals surface area (Å²) in [6.45, 7) is 2.50. The van der Waals surface area contributed by atoms with Gasteiger partial charge in [0.15, 0.2) is 11.6 Å². The molecule has 2 aromatic heterocycles. The topological polar surface area (TPSA) is 106 Å². The number of para-hydroxylation sites is 1. The Morgan fingerprint density at radius 3 is 2.75 bits per heavy atom. The highest BCUT2D eigenvalue weighted by Crippen LogP contribution is 2.25. The van der Waals surface area contributed by atoms with Crippen LogP contribution >= 0.6 is 13.5 Å². The fourth-order valence-electron chi connectivity index (χ4n) is 2.92. The Bertz CT molecular complexity index is 887. The maximum Gasteiger partial charge on any atom is 0.222 e. The number of ether oxygens (including phenoxy) is 1. The Hall–Kier alpha value is -2.58. The van der Waals surface area contributed by atoms with E-state index < -0.39 is 0 Å². The molecule has 3 rings (SSSR count). The minimum absolute atomic E-state index is 0. The van der Waals surface area contributed by atoms with Gasteiger partial charge in [-0.3, -0.25) is 0 Å². The van der Waals surface area contributed by atoms with Crippen LogP contribution in [0.4, 0.5) is 11.8 Å². The first-order valence-corrected chi connectivity index (χ1v) is 9.17. The van der Waals surface area contributed by atoms with E-state index in [1.165, 1.54) is 0 Å². The third-order valence-electron chi connectivity index (χ3n) is 4.26. The first-order valence-electron chi connectivity index (χ1n) is 9.17. The monoisotopic (exact) mass is 401 g/mol. The smallest absolute Gasteiger partial charge is 0.222 e. The Kier molecular flexibility index (Phi) is 8.28.